The monoisotopic (exact) mass is 509 g/mol. The number of aliphatic imine (C=N–C) groups is 1. The molecule has 0 aliphatic carbocycles. The molecule has 0 spiro atoms. The molecule has 0 saturated heterocycles. The summed E-state index contributed by atoms with van der Waals surface area (Å²) in [6, 6.07) is 15.8. The molecule has 3 N–H and O–H groups in total. The van der Waals surface area contributed by atoms with E-state index in [1.54, 1.807) is 24.3 Å². The minimum atomic E-state index is -3.36. The molecule has 2 aromatic rings. The highest BCUT2D eigenvalue weighted by Crippen LogP contribution is 2.15. The van der Waals surface area contributed by atoms with Gasteiger partial charge in [-0.2, -0.15) is 0 Å². The number of benzene rings is 2. The maximum Gasteiger partial charge on any atom is 0.193 e. The van der Waals surface area contributed by atoms with Crippen LogP contribution < -0.4 is 11.1 Å². The second-order valence-electron chi connectivity index (χ2n) is 4.53. The third kappa shape index (κ3) is 6.48. The first kappa shape index (κ1) is 19.9. The van der Waals surface area contributed by atoms with Gasteiger partial charge in [0.15, 0.2) is 15.8 Å². The van der Waals surface area contributed by atoms with Crippen molar-refractivity contribution in [2.45, 2.75) is 4.90 Å². The maximum atomic E-state index is 12.1. The number of anilines is 1. The molecule has 0 aliphatic heterocycles. The van der Waals surface area contributed by atoms with Crippen LogP contribution in [0.2, 0.25) is 0 Å². The maximum absolute atomic E-state index is 12.1. The molecule has 2 rings (SSSR count). The van der Waals surface area contributed by atoms with E-state index in [1.165, 1.54) is 0 Å². The van der Waals surface area contributed by atoms with Crippen LogP contribution in [-0.4, -0.2) is 26.7 Å². The summed E-state index contributed by atoms with van der Waals surface area (Å²) < 4.78 is 25.1. The van der Waals surface area contributed by atoms with Crippen molar-refractivity contribution < 1.29 is 8.42 Å². The van der Waals surface area contributed by atoms with Crippen LogP contribution in [-0.2, 0) is 9.84 Å². The average molecular weight is 510 g/mol. The van der Waals surface area contributed by atoms with Gasteiger partial charge in [0.25, 0.3) is 0 Å². The van der Waals surface area contributed by atoms with Crippen LogP contribution >= 0.6 is 39.9 Å². The Bertz CT molecular complexity index is 750. The van der Waals surface area contributed by atoms with Gasteiger partial charge in [0.1, 0.15) is 0 Å². The van der Waals surface area contributed by atoms with Gasteiger partial charge in [0.2, 0.25) is 0 Å². The SMILES string of the molecule is I.NC(=NCCS(=O)(=O)c1ccc(Br)cc1)Nc1ccccc1. The standard InChI is InChI=1S/C15H16BrN3O2S.HI/c16-12-6-8-14(9-7-12)22(20,21)11-10-18-15(17)19-13-4-2-1-3-5-13;/h1-9H,10-11H2,(H3,17,18,19);1H. The lowest BCUT2D eigenvalue weighted by Gasteiger charge is -2.06. The Labute approximate surface area is 161 Å². The van der Waals surface area contributed by atoms with Gasteiger partial charge in [-0.1, -0.05) is 34.1 Å². The van der Waals surface area contributed by atoms with Crippen LogP contribution in [0, 0.1) is 0 Å². The molecule has 0 heterocycles. The molecule has 0 atom stereocenters. The molecule has 0 radical (unpaired) electrons. The Morgan fingerprint density at radius 3 is 2.30 bits per heavy atom. The molecule has 0 bridgehead atoms. The van der Waals surface area contributed by atoms with E-state index in [0.29, 0.717) is 0 Å². The number of hydrogen-bond donors (Lipinski definition) is 2. The Balaban J connectivity index is 0.00000264. The number of halogens is 2. The van der Waals surface area contributed by atoms with Crippen molar-refractivity contribution in [3.8, 4) is 0 Å². The summed E-state index contributed by atoms with van der Waals surface area (Å²) in [5.41, 5.74) is 6.54. The number of nitrogens with zero attached hydrogens (tertiary/aromatic N) is 1. The van der Waals surface area contributed by atoms with Gasteiger partial charge >= 0.3 is 0 Å². The predicted molar refractivity (Wildman–Crippen MR) is 108 cm³/mol. The van der Waals surface area contributed by atoms with Crippen molar-refractivity contribution >= 4 is 61.4 Å². The van der Waals surface area contributed by atoms with Gasteiger partial charge in [-0.3, -0.25) is 4.99 Å². The second-order valence-corrected chi connectivity index (χ2v) is 7.56. The second kappa shape index (κ2) is 9.24. The zero-order valence-electron chi connectivity index (χ0n) is 12.1. The third-order valence-corrected chi connectivity index (χ3v) is 5.10. The summed E-state index contributed by atoms with van der Waals surface area (Å²) in [4.78, 5) is 4.32. The van der Waals surface area contributed by atoms with Crippen LogP contribution in [0.3, 0.4) is 0 Å². The highest BCUT2D eigenvalue weighted by Gasteiger charge is 2.13. The molecule has 23 heavy (non-hydrogen) atoms. The van der Waals surface area contributed by atoms with E-state index in [0.717, 1.165) is 10.2 Å². The zero-order valence-corrected chi connectivity index (χ0v) is 16.9. The lowest BCUT2D eigenvalue weighted by molar-refractivity contribution is 0.596. The van der Waals surface area contributed by atoms with Crippen molar-refractivity contribution in [2.24, 2.45) is 10.7 Å². The van der Waals surface area contributed by atoms with E-state index in [1.807, 2.05) is 30.3 Å². The average Bonchev–Trinajstić information content (AvgIpc) is 2.48. The van der Waals surface area contributed by atoms with Crippen LogP contribution in [0.15, 0.2) is 69.0 Å². The summed E-state index contributed by atoms with van der Waals surface area (Å²) in [5.74, 6) is 0.100. The van der Waals surface area contributed by atoms with Crippen LogP contribution in [0.1, 0.15) is 0 Å². The summed E-state index contributed by atoms with van der Waals surface area (Å²) in [5, 5.41) is 2.90. The van der Waals surface area contributed by atoms with E-state index >= 15 is 0 Å². The minimum absolute atomic E-state index is 0. The summed E-state index contributed by atoms with van der Waals surface area (Å²) >= 11 is 3.27. The highest BCUT2D eigenvalue weighted by atomic mass is 127. The smallest absolute Gasteiger partial charge is 0.193 e. The molecule has 0 aromatic heterocycles. The van der Waals surface area contributed by atoms with E-state index in [9.17, 15) is 8.42 Å². The number of rotatable bonds is 5. The van der Waals surface area contributed by atoms with Gasteiger partial charge in [-0.25, -0.2) is 8.42 Å². The van der Waals surface area contributed by atoms with Gasteiger partial charge in [0.05, 0.1) is 17.2 Å². The third-order valence-electron chi connectivity index (χ3n) is 2.86. The molecule has 0 unspecified atom stereocenters. The molecule has 5 nitrogen and oxygen atoms in total. The lowest BCUT2D eigenvalue weighted by atomic mass is 10.3. The molecular weight excluding hydrogens is 493 g/mol. The Kier molecular flexibility index (Phi) is 8.00. The largest absolute Gasteiger partial charge is 0.370 e. The molecule has 0 fully saturated rings. The zero-order chi connectivity index (χ0) is 16.0. The number of guanidine groups is 1. The number of nitrogens with one attached hydrogen (secondary N) is 1. The summed E-state index contributed by atoms with van der Waals surface area (Å²) in [6.07, 6.45) is 0. The Hall–Kier alpha value is -1.13. The minimum Gasteiger partial charge on any atom is -0.370 e. The Morgan fingerprint density at radius 2 is 1.70 bits per heavy atom. The highest BCUT2D eigenvalue weighted by molar-refractivity contribution is 14.0. The van der Waals surface area contributed by atoms with Crippen molar-refractivity contribution in [2.75, 3.05) is 17.6 Å². The van der Waals surface area contributed by atoms with Gasteiger partial charge in [-0.15, -0.1) is 24.0 Å². The molecule has 0 saturated carbocycles. The van der Waals surface area contributed by atoms with Gasteiger partial charge in [0, 0.05) is 10.2 Å². The van der Waals surface area contributed by atoms with Crippen LogP contribution in [0.4, 0.5) is 5.69 Å². The number of nitrogens with two attached hydrogens (primary N) is 1. The normalized spacial score (nSPS) is 11.6. The predicted octanol–water partition coefficient (Wildman–Crippen LogP) is 3.27. The number of sulfone groups is 1. The number of hydrogen-bond acceptors (Lipinski definition) is 3. The van der Waals surface area contributed by atoms with Crippen molar-refractivity contribution in [3.63, 3.8) is 0 Å². The topological polar surface area (TPSA) is 84.5 Å². The number of para-hydroxylation sites is 1. The van der Waals surface area contributed by atoms with Crippen LogP contribution in [0.25, 0.3) is 0 Å². The molecule has 8 heteroatoms. The van der Waals surface area contributed by atoms with Crippen molar-refractivity contribution in [1.82, 2.24) is 0 Å². The summed E-state index contributed by atoms with van der Waals surface area (Å²) in [7, 11) is -3.36. The molecule has 124 valence electrons. The first-order valence-corrected chi connectivity index (χ1v) is 9.02. The molecule has 2 aromatic carbocycles. The fraction of sp³-hybridized carbons (Fsp3) is 0.133. The molecule has 0 aliphatic rings. The van der Waals surface area contributed by atoms with E-state index in [2.05, 4.69) is 26.2 Å². The first-order valence-electron chi connectivity index (χ1n) is 6.58. The van der Waals surface area contributed by atoms with E-state index < -0.39 is 9.84 Å². The fourth-order valence-corrected chi connectivity index (χ4v) is 3.14. The summed E-state index contributed by atoms with van der Waals surface area (Å²) in [6.45, 7) is 0.101. The van der Waals surface area contributed by atoms with E-state index in [4.69, 9.17) is 5.73 Å². The van der Waals surface area contributed by atoms with Crippen molar-refractivity contribution in [3.05, 3.63) is 59.1 Å². The van der Waals surface area contributed by atoms with Gasteiger partial charge < -0.3 is 11.1 Å². The molecule has 0 amide bonds. The first-order chi connectivity index (χ1) is 10.5. The van der Waals surface area contributed by atoms with Crippen LogP contribution in [0.5, 0.6) is 0 Å². The van der Waals surface area contributed by atoms with Gasteiger partial charge in [-0.05, 0) is 36.4 Å². The lowest BCUT2D eigenvalue weighted by Crippen LogP contribution is -2.23. The Morgan fingerprint density at radius 1 is 1.09 bits per heavy atom. The van der Waals surface area contributed by atoms with Crippen molar-refractivity contribution in [1.29, 1.82) is 0 Å². The quantitative estimate of drug-likeness (QED) is 0.368. The van der Waals surface area contributed by atoms with E-state index in [-0.39, 0.29) is 47.1 Å². The molecular formula is C15H17BrIN3O2S. The fourth-order valence-electron chi connectivity index (χ4n) is 1.75.